The molecule has 1 aromatic heterocycles. The number of benzene rings is 1. The van der Waals surface area contributed by atoms with Gasteiger partial charge in [-0.1, -0.05) is 6.07 Å². The number of nitrogens with zero attached hydrogens (tertiary/aromatic N) is 2. The molecule has 1 aromatic carbocycles. The molecule has 0 bridgehead atoms. The second-order valence-corrected chi connectivity index (χ2v) is 6.68. The summed E-state index contributed by atoms with van der Waals surface area (Å²) in [6, 6.07) is 8.50. The second kappa shape index (κ2) is 5.87. The first kappa shape index (κ1) is 14.9. The molecule has 0 radical (unpaired) electrons. The first-order valence-electron chi connectivity index (χ1n) is 6.54. The Morgan fingerprint density at radius 3 is 2.65 bits per heavy atom. The van der Waals surface area contributed by atoms with Crippen molar-refractivity contribution in [2.75, 3.05) is 13.1 Å². The summed E-state index contributed by atoms with van der Waals surface area (Å²) in [7, 11) is -3.58. The Labute approximate surface area is 119 Å². The molecule has 2 rings (SSSR count). The van der Waals surface area contributed by atoms with Gasteiger partial charge < -0.3 is 5.73 Å². The molecule has 0 aliphatic heterocycles. The van der Waals surface area contributed by atoms with Gasteiger partial charge in [0.05, 0.1) is 10.4 Å². The minimum atomic E-state index is -3.58. The van der Waals surface area contributed by atoms with Gasteiger partial charge in [0.15, 0.2) is 0 Å². The van der Waals surface area contributed by atoms with Crippen molar-refractivity contribution in [1.29, 1.82) is 0 Å². The Hall–Kier alpha value is -1.50. The molecule has 1 heterocycles. The number of aromatic nitrogens is 1. The molecule has 0 aliphatic carbocycles. The van der Waals surface area contributed by atoms with E-state index < -0.39 is 10.0 Å². The summed E-state index contributed by atoms with van der Waals surface area (Å²) in [5.74, 6) is 0. The number of fused-ring (bicyclic) bond motifs is 1. The zero-order valence-corrected chi connectivity index (χ0v) is 12.5. The summed E-state index contributed by atoms with van der Waals surface area (Å²) in [6.45, 7) is 4.28. The van der Waals surface area contributed by atoms with Crippen LogP contribution >= 0.6 is 0 Å². The fourth-order valence-electron chi connectivity index (χ4n) is 2.21. The average molecular weight is 293 g/mol. The number of sulfonamides is 1. The topological polar surface area (TPSA) is 76.3 Å². The van der Waals surface area contributed by atoms with Crippen molar-refractivity contribution in [2.45, 2.75) is 24.8 Å². The third kappa shape index (κ3) is 2.67. The molecule has 0 saturated heterocycles. The fraction of sp³-hybridized carbons (Fsp3) is 0.357. The molecular weight excluding hydrogens is 274 g/mol. The van der Waals surface area contributed by atoms with Crippen molar-refractivity contribution in [3.8, 4) is 0 Å². The number of nitrogens with two attached hydrogens (primary N) is 1. The molecule has 108 valence electrons. The van der Waals surface area contributed by atoms with Crippen molar-refractivity contribution in [1.82, 2.24) is 9.29 Å². The van der Waals surface area contributed by atoms with E-state index >= 15 is 0 Å². The molecule has 0 atom stereocenters. The molecule has 20 heavy (non-hydrogen) atoms. The molecule has 2 aromatic rings. The Balaban J connectivity index is 2.62. The van der Waals surface area contributed by atoms with Gasteiger partial charge in [0.2, 0.25) is 10.0 Å². The highest BCUT2D eigenvalue weighted by Crippen LogP contribution is 2.25. The lowest BCUT2D eigenvalue weighted by atomic mass is 10.2. The van der Waals surface area contributed by atoms with Gasteiger partial charge in [-0.05, 0) is 38.1 Å². The van der Waals surface area contributed by atoms with Gasteiger partial charge in [0.1, 0.15) is 0 Å². The van der Waals surface area contributed by atoms with Gasteiger partial charge in [-0.2, -0.15) is 4.31 Å². The summed E-state index contributed by atoms with van der Waals surface area (Å²) in [5, 5.41) is 0.637. The van der Waals surface area contributed by atoms with Crippen molar-refractivity contribution < 1.29 is 8.42 Å². The molecular formula is C14H19N3O2S. The van der Waals surface area contributed by atoms with Crippen LogP contribution in [0.1, 0.15) is 13.8 Å². The monoisotopic (exact) mass is 293 g/mol. The van der Waals surface area contributed by atoms with Gasteiger partial charge in [-0.25, -0.2) is 8.42 Å². The lowest BCUT2D eigenvalue weighted by Crippen LogP contribution is -2.40. The van der Waals surface area contributed by atoms with Crippen LogP contribution in [0.5, 0.6) is 0 Å². The van der Waals surface area contributed by atoms with E-state index in [0.717, 1.165) is 0 Å². The fourth-order valence-corrected chi connectivity index (χ4v) is 4.06. The predicted molar refractivity (Wildman–Crippen MR) is 79.8 cm³/mol. The van der Waals surface area contributed by atoms with Crippen LogP contribution in [0.15, 0.2) is 41.4 Å². The normalized spacial score (nSPS) is 12.4. The number of hydrogen-bond donors (Lipinski definition) is 1. The summed E-state index contributed by atoms with van der Waals surface area (Å²) in [6.07, 6.45) is 1.65. The molecule has 5 nitrogen and oxygen atoms in total. The largest absolute Gasteiger partial charge is 0.329 e. The highest BCUT2D eigenvalue weighted by Gasteiger charge is 2.27. The maximum absolute atomic E-state index is 12.8. The van der Waals surface area contributed by atoms with E-state index in [4.69, 9.17) is 5.73 Å². The highest BCUT2D eigenvalue weighted by molar-refractivity contribution is 7.89. The van der Waals surface area contributed by atoms with E-state index in [1.54, 1.807) is 36.5 Å². The highest BCUT2D eigenvalue weighted by atomic mass is 32.2. The van der Waals surface area contributed by atoms with E-state index in [2.05, 4.69) is 4.98 Å². The number of rotatable bonds is 5. The Morgan fingerprint density at radius 1 is 1.25 bits per heavy atom. The molecule has 2 N–H and O–H groups in total. The van der Waals surface area contributed by atoms with Crippen molar-refractivity contribution in [2.24, 2.45) is 5.73 Å². The lowest BCUT2D eigenvalue weighted by molar-refractivity contribution is 0.361. The molecule has 0 amide bonds. The van der Waals surface area contributed by atoms with Gasteiger partial charge in [0.25, 0.3) is 0 Å². The lowest BCUT2D eigenvalue weighted by Gasteiger charge is -2.25. The summed E-state index contributed by atoms with van der Waals surface area (Å²) < 4.78 is 27.1. The Bertz CT molecular complexity index is 693. The van der Waals surface area contributed by atoms with E-state index in [1.807, 2.05) is 13.8 Å². The van der Waals surface area contributed by atoms with Crippen LogP contribution in [0, 0.1) is 0 Å². The maximum Gasteiger partial charge on any atom is 0.244 e. The smallest absolute Gasteiger partial charge is 0.244 e. The molecule has 0 fully saturated rings. The van der Waals surface area contributed by atoms with E-state index in [0.29, 0.717) is 24.0 Å². The summed E-state index contributed by atoms with van der Waals surface area (Å²) in [4.78, 5) is 4.48. The van der Waals surface area contributed by atoms with Crippen LogP contribution in [0.4, 0.5) is 0 Å². The quantitative estimate of drug-likeness (QED) is 0.908. The van der Waals surface area contributed by atoms with Crippen molar-refractivity contribution in [3.63, 3.8) is 0 Å². The van der Waals surface area contributed by atoms with Crippen molar-refractivity contribution in [3.05, 3.63) is 36.5 Å². The Kier molecular flexibility index (Phi) is 4.37. The van der Waals surface area contributed by atoms with Crippen LogP contribution in [0.2, 0.25) is 0 Å². The van der Waals surface area contributed by atoms with E-state index in [-0.39, 0.29) is 10.9 Å². The number of hydrogen-bond acceptors (Lipinski definition) is 4. The summed E-state index contributed by atoms with van der Waals surface area (Å²) in [5.41, 5.74) is 6.21. The van der Waals surface area contributed by atoms with Crippen LogP contribution in [-0.4, -0.2) is 36.8 Å². The zero-order valence-electron chi connectivity index (χ0n) is 11.7. The Morgan fingerprint density at radius 2 is 2.00 bits per heavy atom. The van der Waals surface area contributed by atoms with Gasteiger partial charge in [-0.15, -0.1) is 0 Å². The van der Waals surface area contributed by atoms with E-state index in [9.17, 15) is 8.42 Å². The minimum absolute atomic E-state index is 0.143. The molecule has 0 saturated carbocycles. The first-order chi connectivity index (χ1) is 9.48. The van der Waals surface area contributed by atoms with Crippen LogP contribution in [0.25, 0.3) is 10.9 Å². The second-order valence-electron chi connectivity index (χ2n) is 4.82. The van der Waals surface area contributed by atoms with Crippen LogP contribution < -0.4 is 5.73 Å². The average Bonchev–Trinajstić information content (AvgIpc) is 2.43. The SMILES string of the molecule is CC(C)N(CCN)S(=O)(=O)c1cccc2ncccc12. The molecule has 6 heteroatoms. The maximum atomic E-state index is 12.8. The van der Waals surface area contributed by atoms with Gasteiger partial charge >= 0.3 is 0 Å². The van der Waals surface area contributed by atoms with Crippen LogP contribution in [0.3, 0.4) is 0 Å². The van der Waals surface area contributed by atoms with Gasteiger partial charge in [0, 0.05) is 30.7 Å². The predicted octanol–water partition coefficient (Wildman–Crippen LogP) is 1.59. The van der Waals surface area contributed by atoms with Gasteiger partial charge in [-0.3, -0.25) is 4.98 Å². The summed E-state index contributed by atoms with van der Waals surface area (Å²) >= 11 is 0. The standard InChI is InChI=1S/C14H19N3O2S/c1-11(2)17(10-8-15)20(18,19)14-7-3-6-13-12(14)5-4-9-16-13/h3-7,9,11H,8,10,15H2,1-2H3. The van der Waals surface area contributed by atoms with E-state index in [1.165, 1.54) is 4.31 Å². The van der Waals surface area contributed by atoms with Crippen LogP contribution in [-0.2, 0) is 10.0 Å². The molecule has 0 aliphatic rings. The third-order valence-corrected chi connectivity index (χ3v) is 5.25. The first-order valence-corrected chi connectivity index (χ1v) is 7.98. The third-order valence-electron chi connectivity index (χ3n) is 3.12. The molecule has 0 spiro atoms. The number of pyridine rings is 1. The molecule has 0 unspecified atom stereocenters. The zero-order chi connectivity index (χ0) is 14.8. The minimum Gasteiger partial charge on any atom is -0.329 e. The van der Waals surface area contributed by atoms with Crippen molar-refractivity contribution >= 4 is 20.9 Å².